The van der Waals surface area contributed by atoms with Crippen LogP contribution in [0.5, 0.6) is 5.88 Å². The maximum absolute atomic E-state index is 5.82. The molecule has 1 aromatic carbocycles. The molecule has 0 aliphatic carbocycles. The lowest BCUT2D eigenvalue weighted by Gasteiger charge is -2.05. The molecule has 0 aliphatic rings. The second-order valence-corrected chi connectivity index (χ2v) is 5.07. The van der Waals surface area contributed by atoms with Gasteiger partial charge in [0.15, 0.2) is 5.13 Å². The van der Waals surface area contributed by atoms with Gasteiger partial charge in [-0.15, -0.1) is 0 Å². The molecule has 0 spiro atoms. The van der Waals surface area contributed by atoms with Gasteiger partial charge < -0.3 is 16.2 Å². The summed E-state index contributed by atoms with van der Waals surface area (Å²) >= 11 is 1.41. The molecule has 0 radical (unpaired) electrons. The second kappa shape index (κ2) is 4.40. The number of hydrogen-bond donors (Lipinski definition) is 2. The Bertz CT molecular complexity index is 753. The number of aromatic nitrogens is 2. The van der Waals surface area contributed by atoms with Crippen LogP contribution in [0.2, 0.25) is 0 Å². The fourth-order valence-electron chi connectivity index (χ4n) is 1.97. The zero-order valence-corrected chi connectivity index (χ0v) is 11.1. The molecule has 5 nitrogen and oxygen atoms in total. The van der Waals surface area contributed by atoms with Gasteiger partial charge in [-0.25, -0.2) is 9.97 Å². The fourth-order valence-corrected chi connectivity index (χ4v) is 2.82. The minimum atomic E-state index is 0.482. The van der Waals surface area contributed by atoms with E-state index in [0.29, 0.717) is 22.2 Å². The third-order valence-electron chi connectivity index (χ3n) is 2.79. The number of nitrogen functional groups attached to an aromatic ring is 2. The van der Waals surface area contributed by atoms with Gasteiger partial charge in [-0.1, -0.05) is 23.5 Å². The molecule has 6 heteroatoms. The summed E-state index contributed by atoms with van der Waals surface area (Å²) in [4.78, 5) is 8.54. The molecular formula is C13H12N4OS. The van der Waals surface area contributed by atoms with Crippen LogP contribution in [-0.2, 0) is 0 Å². The van der Waals surface area contributed by atoms with E-state index in [1.165, 1.54) is 11.3 Å². The quantitative estimate of drug-likeness (QED) is 0.700. The van der Waals surface area contributed by atoms with E-state index >= 15 is 0 Å². The van der Waals surface area contributed by atoms with Crippen molar-refractivity contribution in [3.8, 4) is 17.0 Å². The Hall–Kier alpha value is -2.34. The number of pyridine rings is 1. The van der Waals surface area contributed by atoms with Crippen LogP contribution < -0.4 is 16.2 Å². The lowest BCUT2D eigenvalue weighted by Crippen LogP contribution is -1.91. The standard InChI is InChI=1S/C13H12N4OS/c1-18-12-10-11(19-13(15)17-10)9(6-16-12)7-3-2-4-8(14)5-7/h2-6H,14H2,1H3,(H2,15,17). The molecule has 0 atom stereocenters. The minimum Gasteiger partial charge on any atom is -0.479 e. The van der Waals surface area contributed by atoms with Crippen LogP contribution in [0.4, 0.5) is 10.8 Å². The predicted octanol–water partition coefficient (Wildman–Crippen LogP) is 2.53. The average molecular weight is 272 g/mol. The Morgan fingerprint density at radius 1 is 1.26 bits per heavy atom. The maximum Gasteiger partial charge on any atom is 0.241 e. The van der Waals surface area contributed by atoms with E-state index in [1.54, 1.807) is 13.3 Å². The van der Waals surface area contributed by atoms with Gasteiger partial charge in [0, 0.05) is 17.4 Å². The number of rotatable bonds is 2. The molecule has 0 aliphatic heterocycles. The van der Waals surface area contributed by atoms with Crippen LogP contribution in [0.25, 0.3) is 21.3 Å². The predicted molar refractivity (Wildman–Crippen MR) is 78.2 cm³/mol. The summed E-state index contributed by atoms with van der Waals surface area (Å²) in [6.07, 6.45) is 1.76. The summed E-state index contributed by atoms with van der Waals surface area (Å²) in [5.74, 6) is 0.482. The summed E-state index contributed by atoms with van der Waals surface area (Å²) < 4.78 is 6.16. The molecule has 0 bridgehead atoms. The lowest BCUT2D eigenvalue weighted by atomic mass is 10.1. The molecule has 2 heterocycles. The Labute approximate surface area is 113 Å². The number of ether oxygens (including phenoxy) is 1. The maximum atomic E-state index is 5.82. The second-order valence-electron chi connectivity index (χ2n) is 4.04. The Morgan fingerprint density at radius 3 is 2.84 bits per heavy atom. The van der Waals surface area contributed by atoms with Crippen LogP contribution in [0.15, 0.2) is 30.5 Å². The van der Waals surface area contributed by atoms with E-state index in [1.807, 2.05) is 24.3 Å². The highest BCUT2D eigenvalue weighted by atomic mass is 32.1. The first-order valence-electron chi connectivity index (χ1n) is 5.64. The van der Waals surface area contributed by atoms with Crippen molar-refractivity contribution >= 4 is 32.4 Å². The zero-order valence-electron chi connectivity index (χ0n) is 10.3. The lowest BCUT2D eigenvalue weighted by molar-refractivity contribution is 0.402. The summed E-state index contributed by atoms with van der Waals surface area (Å²) in [6, 6.07) is 7.64. The number of thiazole rings is 1. The third kappa shape index (κ3) is 1.96. The van der Waals surface area contributed by atoms with Crippen LogP contribution in [0.1, 0.15) is 0 Å². The molecule has 4 N–H and O–H groups in total. The molecule has 0 saturated heterocycles. The smallest absolute Gasteiger partial charge is 0.241 e. The van der Waals surface area contributed by atoms with E-state index in [2.05, 4.69) is 9.97 Å². The highest BCUT2D eigenvalue weighted by Gasteiger charge is 2.14. The highest BCUT2D eigenvalue weighted by Crippen LogP contribution is 2.37. The normalized spacial score (nSPS) is 10.8. The van der Waals surface area contributed by atoms with Gasteiger partial charge in [0.05, 0.1) is 11.8 Å². The summed E-state index contributed by atoms with van der Waals surface area (Å²) in [7, 11) is 1.57. The highest BCUT2D eigenvalue weighted by molar-refractivity contribution is 7.22. The molecule has 0 fully saturated rings. The van der Waals surface area contributed by atoms with Crippen LogP contribution in [0, 0.1) is 0 Å². The van der Waals surface area contributed by atoms with E-state index < -0.39 is 0 Å². The van der Waals surface area contributed by atoms with E-state index in [4.69, 9.17) is 16.2 Å². The van der Waals surface area contributed by atoms with Crippen LogP contribution >= 0.6 is 11.3 Å². The molecule has 96 valence electrons. The topological polar surface area (TPSA) is 87.0 Å². The average Bonchev–Trinajstić information content (AvgIpc) is 2.78. The molecule has 19 heavy (non-hydrogen) atoms. The van der Waals surface area contributed by atoms with Crippen LogP contribution in [0.3, 0.4) is 0 Å². The molecule has 0 amide bonds. The van der Waals surface area contributed by atoms with Crippen molar-refractivity contribution in [2.24, 2.45) is 0 Å². The van der Waals surface area contributed by atoms with Crippen molar-refractivity contribution in [3.05, 3.63) is 30.5 Å². The number of hydrogen-bond acceptors (Lipinski definition) is 6. The van der Waals surface area contributed by atoms with Crippen molar-refractivity contribution in [3.63, 3.8) is 0 Å². The van der Waals surface area contributed by atoms with Crippen LogP contribution in [-0.4, -0.2) is 17.1 Å². The number of benzene rings is 1. The van der Waals surface area contributed by atoms with E-state index in [9.17, 15) is 0 Å². The Balaban J connectivity index is 2.30. The van der Waals surface area contributed by atoms with Gasteiger partial charge in [-0.3, -0.25) is 0 Å². The van der Waals surface area contributed by atoms with Gasteiger partial charge in [0.1, 0.15) is 5.52 Å². The van der Waals surface area contributed by atoms with Gasteiger partial charge in [0.2, 0.25) is 5.88 Å². The first-order chi connectivity index (χ1) is 9.19. The Morgan fingerprint density at radius 2 is 2.11 bits per heavy atom. The van der Waals surface area contributed by atoms with Crippen molar-refractivity contribution in [1.29, 1.82) is 0 Å². The number of methoxy groups -OCH3 is 1. The SMILES string of the molecule is COc1ncc(-c2cccc(N)c2)c2sc(N)nc12. The van der Waals surface area contributed by atoms with Crippen molar-refractivity contribution in [2.45, 2.75) is 0 Å². The molecular weight excluding hydrogens is 260 g/mol. The largest absolute Gasteiger partial charge is 0.479 e. The number of nitrogens with zero attached hydrogens (tertiary/aromatic N) is 2. The van der Waals surface area contributed by atoms with Gasteiger partial charge >= 0.3 is 0 Å². The number of nitrogens with two attached hydrogens (primary N) is 2. The van der Waals surface area contributed by atoms with E-state index in [0.717, 1.165) is 15.8 Å². The van der Waals surface area contributed by atoms with Gasteiger partial charge in [0.25, 0.3) is 0 Å². The molecule has 3 aromatic rings. The van der Waals surface area contributed by atoms with E-state index in [-0.39, 0.29) is 0 Å². The molecule has 0 unspecified atom stereocenters. The monoisotopic (exact) mass is 272 g/mol. The first-order valence-corrected chi connectivity index (χ1v) is 6.45. The summed E-state index contributed by atoms with van der Waals surface area (Å²) in [5.41, 5.74) is 14.9. The Kier molecular flexibility index (Phi) is 2.72. The first kappa shape index (κ1) is 11.7. The third-order valence-corrected chi connectivity index (χ3v) is 3.71. The molecule has 2 aromatic heterocycles. The number of fused-ring (bicyclic) bond motifs is 1. The van der Waals surface area contributed by atoms with Crippen molar-refractivity contribution in [1.82, 2.24) is 9.97 Å². The molecule has 3 rings (SSSR count). The number of anilines is 2. The minimum absolute atomic E-state index is 0.482. The van der Waals surface area contributed by atoms with Gasteiger partial charge in [-0.2, -0.15) is 0 Å². The summed E-state index contributed by atoms with van der Waals surface area (Å²) in [5, 5.41) is 0.492. The van der Waals surface area contributed by atoms with Gasteiger partial charge in [-0.05, 0) is 17.7 Å². The summed E-state index contributed by atoms with van der Waals surface area (Å²) in [6.45, 7) is 0. The van der Waals surface area contributed by atoms with Crippen molar-refractivity contribution in [2.75, 3.05) is 18.6 Å². The fraction of sp³-hybridized carbons (Fsp3) is 0.0769. The van der Waals surface area contributed by atoms with Crippen molar-refractivity contribution < 1.29 is 4.74 Å². The molecule has 0 saturated carbocycles. The zero-order chi connectivity index (χ0) is 13.4.